The van der Waals surface area contributed by atoms with Crippen LogP contribution in [0.4, 0.5) is 5.13 Å². The van der Waals surface area contributed by atoms with Crippen molar-refractivity contribution in [1.82, 2.24) is 25.1 Å². The minimum atomic E-state index is 0.463. The maximum absolute atomic E-state index is 5.17. The van der Waals surface area contributed by atoms with Crippen molar-refractivity contribution < 1.29 is 0 Å². The van der Waals surface area contributed by atoms with Crippen LogP contribution in [0.1, 0.15) is 0 Å². The summed E-state index contributed by atoms with van der Waals surface area (Å²) in [4.78, 5) is 0. The van der Waals surface area contributed by atoms with E-state index < -0.39 is 0 Å². The third-order valence-corrected chi connectivity index (χ3v) is 1.78. The first-order valence-corrected chi connectivity index (χ1v) is 4.32. The van der Waals surface area contributed by atoms with Crippen molar-refractivity contribution in [3.8, 4) is 0 Å². The molecule has 70 valence electrons. The Hall–Kier alpha value is -1.35. The molecule has 2 heterocycles. The maximum Gasteiger partial charge on any atom is 0.203 e. The molecular weight excluding hydrogens is 210 g/mol. The Kier molecular flexibility index (Phi) is 3.46. The van der Waals surface area contributed by atoms with E-state index in [2.05, 4.69) is 33.0 Å². The monoisotopic (exact) mass is 217 g/mol. The van der Waals surface area contributed by atoms with E-state index in [4.69, 9.17) is 11.6 Å². The molecule has 4 N–H and O–H groups in total. The molecule has 0 aliphatic rings. The molecule has 0 aliphatic heterocycles. The lowest BCUT2D eigenvalue weighted by molar-refractivity contribution is 0.997. The van der Waals surface area contributed by atoms with E-state index in [1.807, 2.05) is 0 Å². The van der Waals surface area contributed by atoms with Crippen LogP contribution in [0, 0.1) is 0 Å². The van der Waals surface area contributed by atoms with E-state index >= 15 is 0 Å². The minimum Gasteiger partial charge on any atom is -0.374 e. The van der Waals surface area contributed by atoms with Crippen LogP contribution in [0.25, 0.3) is 0 Å². The lowest BCUT2D eigenvalue weighted by Gasteiger charge is -1.76. The van der Waals surface area contributed by atoms with Crippen molar-refractivity contribution in [2.45, 2.75) is 4.34 Å². The standard InChI is InChI=1S/C2H4N4.C2H3N3S2/c3-6-1-4-5-2-6;3-1-4-5-2(6)7-1/h1-2H,3H2;(H2,3,4)(H,5,6). The van der Waals surface area contributed by atoms with Gasteiger partial charge in [-0.1, -0.05) is 11.3 Å². The van der Waals surface area contributed by atoms with Gasteiger partial charge in [0.1, 0.15) is 12.7 Å². The number of thiol groups is 1. The normalized spacial score (nSPS) is 9.00. The number of hydrogen-bond acceptors (Lipinski definition) is 8. The first-order chi connectivity index (χ1) is 6.18. The zero-order chi connectivity index (χ0) is 9.68. The van der Waals surface area contributed by atoms with Crippen molar-refractivity contribution in [3.05, 3.63) is 12.7 Å². The Morgan fingerprint density at radius 2 is 1.92 bits per heavy atom. The number of nitrogens with two attached hydrogens (primary N) is 2. The largest absolute Gasteiger partial charge is 0.374 e. The molecule has 9 heteroatoms. The van der Waals surface area contributed by atoms with Crippen LogP contribution in [0.5, 0.6) is 0 Å². The summed E-state index contributed by atoms with van der Waals surface area (Å²) in [5.41, 5.74) is 5.17. The molecule has 0 atom stereocenters. The first kappa shape index (κ1) is 9.74. The number of anilines is 1. The van der Waals surface area contributed by atoms with E-state index in [-0.39, 0.29) is 0 Å². The molecule has 0 amide bonds. The highest BCUT2D eigenvalue weighted by Crippen LogP contribution is 2.13. The predicted molar refractivity (Wildman–Crippen MR) is 51.7 cm³/mol. The lowest BCUT2D eigenvalue weighted by Crippen LogP contribution is -2.02. The van der Waals surface area contributed by atoms with Gasteiger partial charge >= 0.3 is 0 Å². The fourth-order valence-electron chi connectivity index (χ4n) is 0.435. The van der Waals surface area contributed by atoms with Gasteiger partial charge in [0.05, 0.1) is 0 Å². The fraction of sp³-hybridized carbons (Fsp3) is 0. The zero-order valence-electron chi connectivity index (χ0n) is 6.40. The average molecular weight is 217 g/mol. The second-order valence-electron chi connectivity index (χ2n) is 1.83. The zero-order valence-corrected chi connectivity index (χ0v) is 8.11. The molecule has 2 rings (SSSR count). The Morgan fingerprint density at radius 3 is 2.08 bits per heavy atom. The molecule has 0 unspecified atom stereocenters. The van der Waals surface area contributed by atoms with E-state index in [0.717, 1.165) is 0 Å². The first-order valence-electron chi connectivity index (χ1n) is 3.06. The van der Waals surface area contributed by atoms with Gasteiger partial charge in [-0.2, -0.15) is 0 Å². The fourth-order valence-corrected chi connectivity index (χ4v) is 1.11. The molecule has 0 radical (unpaired) electrons. The topological polar surface area (TPSA) is 109 Å². The number of hydrogen-bond donors (Lipinski definition) is 3. The van der Waals surface area contributed by atoms with E-state index in [1.54, 1.807) is 0 Å². The Bertz CT molecular complexity index is 325. The molecule has 0 aliphatic carbocycles. The lowest BCUT2D eigenvalue weighted by atomic mass is 11.3. The minimum absolute atomic E-state index is 0.463. The Morgan fingerprint density at radius 1 is 1.31 bits per heavy atom. The van der Waals surface area contributed by atoms with Gasteiger partial charge < -0.3 is 11.6 Å². The van der Waals surface area contributed by atoms with Crippen molar-refractivity contribution >= 4 is 29.1 Å². The van der Waals surface area contributed by atoms with E-state index in [1.165, 1.54) is 28.7 Å². The molecule has 0 bridgehead atoms. The smallest absolute Gasteiger partial charge is 0.203 e. The number of nitrogen functional groups attached to an aromatic ring is 2. The number of rotatable bonds is 0. The second kappa shape index (κ2) is 4.62. The van der Waals surface area contributed by atoms with Crippen LogP contribution in [0.15, 0.2) is 17.0 Å². The van der Waals surface area contributed by atoms with Gasteiger partial charge in [-0.05, 0) is 0 Å². The van der Waals surface area contributed by atoms with Gasteiger partial charge in [0, 0.05) is 0 Å². The summed E-state index contributed by atoms with van der Waals surface area (Å²) < 4.78 is 1.89. The second-order valence-corrected chi connectivity index (χ2v) is 3.57. The highest BCUT2D eigenvalue weighted by atomic mass is 32.2. The Balaban J connectivity index is 0.000000132. The summed E-state index contributed by atoms with van der Waals surface area (Å²) in [6.45, 7) is 0. The maximum atomic E-state index is 5.17. The molecule has 2 aromatic heterocycles. The van der Waals surface area contributed by atoms with Crippen molar-refractivity contribution in [2.24, 2.45) is 0 Å². The van der Waals surface area contributed by atoms with Crippen molar-refractivity contribution in [1.29, 1.82) is 0 Å². The predicted octanol–water partition coefficient (Wildman–Crippen LogP) is -0.599. The summed E-state index contributed by atoms with van der Waals surface area (Å²) in [6.07, 6.45) is 2.83. The number of aromatic nitrogens is 5. The summed E-state index contributed by atoms with van der Waals surface area (Å²) in [6, 6.07) is 0. The molecule has 13 heavy (non-hydrogen) atoms. The highest BCUT2D eigenvalue weighted by molar-refractivity contribution is 7.82. The summed E-state index contributed by atoms with van der Waals surface area (Å²) in [5, 5.41) is 14.3. The molecule has 0 saturated heterocycles. The third kappa shape index (κ3) is 3.71. The van der Waals surface area contributed by atoms with Crippen LogP contribution in [0.2, 0.25) is 0 Å². The Labute approximate surface area is 83.2 Å². The third-order valence-electron chi connectivity index (χ3n) is 0.867. The van der Waals surface area contributed by atoms with E-state index in [9.17, 15) is 0 Å². The van der Waals surface area contributed by atoms with Crippen LogP contribution in [-0.4, -0.2) is 25.1 Å². The molecule has 0 fully saturated rings. The van der Waals surface area contributed by atoms with Gasteiger partial charge in [0.15, 0.2) is 4.34 Å². The van der Waals surface area contributed by atoms with Crippen LogP contribution >= 0.6 is 24.0 Å². The average Bonchev–Trinajstić information content (AvgIpc) is 2.64. The summed E-state index contributed by atoms with van der Waals surface area (Å²) >= 11 is 5.13. The van der Waals surface area contributed by atoms with Gasteiger partial charge in [-0.15, -0.1) is 33.0 Å². The molecule has 0 spiro atoms. The van der Waals surface area contributed by atoms with Crippen molar-refractivity contribution in [3.63, 3.8) is 0 Å². The quantitative estimate of drug-likeness (QED) is 0.401. The van der Waals surface area contributed by atoms with Gasteiger partial charge in [0.2, 0.25) is 5.13 Å². The highest BCUT2D eigenvalue weighted by Gasteiger charge is 1.90. The van der Waals surface area contributed by atoms with Crippen LogP contribution < -0.4 is 11.6 Å². The molecule has 0 saturated carbocycles. The van der Waals surface area contributed by atoms with Gasteiger partial charge in [-0.3, -0.25) is 0 Å². The SMILES string of the molecule is Nc1nnc(S)s1.Nn1cnnc1. The van der Waals surface area contributed by atoms with Crippen LogP contribution in [-0.2, 0) is 0 Å². The molecular formula is C4H7N7S2. The summed E-state index contributed by atoms with van der Waals surface area (Å²) in [5.74, 6) is 5.07. The number of nitrogens with zero attached hydrogens (tertiary/aromatic N) is 5. The van der Waals surface area contributed by atoms with Crippen LogP contribution in [0.3, 0.4) is 0 Å². The van der Waals surface area contributed by atoms with Gasteiger partial charge in [0.25, 0.3) is 0 Å². The van der Waals surface area contributed by atoms with E-state index in [0.29, 0.717) is 9.47 Å². The van der Waals surface area contributed by atoms with Gasteiger partial charge in [-0.25, -0.2) is 4.68 Å². The molecule has 7 nitrogen and oxygen atoms in total. The molecule has 2 aromatic rings. The van der Waals surface area contributed by atoms with Crippen molar-refractivity contribution in [2.75, 3.05) is 11.6 Å². The molecule has 0 aromatic carbocycles. The summed E-state index contributed by atoms with van der Waals surface area (Å²) in [7, 11) is 0.